The number of rotatable bonds is 5. The molecular formula is C13H17BrN2O. The van der Waals surface area contributed by atoms with Gasteiger partial charge in [-0.2, -0.15) is 0 Å². The minimum absolute atomic E-state index is 0.0939. The van der Waals surface area contributed by atoms with Crippen molar-refractivity contribution < 1.29 is 4.79 Å². The van der Waals surface area contributed by atoms with Crippen LogP contribution in [0, 0.1) is 0 Å². The lowest BCUT2D eigenvalue weighted by Crippen LogP contribution is -2.36. The lowest BCUT2D eigenvalue weighted by molar-refractivity contribution is -0.120. The van der Waals surface area contributed by atoms with Crippen LogP contribution in [0.2, 0.25) is 0 Å². The van der Waals surface area contributed by atoms with Gasteiger partial charge in [0.05, 0.1) is 6.54 Å². The second-order valence-corrected chi connectivity index (χ2v) is 5.41. The molecule has 1 aliphatic rings. The third-order valence-electron chi connectivity index (χ3n) is 2.88. The summed E-state index contributed by atoms with van der Waals surface area (Å²) in [7, 11) is 0. The van der Waals surface area contributed by atoms with Crippen LogP contribution in [0.4, 0.5) is 0 Å². The van der Waals surface area contributed by atoms with Gasteiger partial charge in [-0.1, -0.05) is 28.1 Å². The lowest BCUT2D eigenvalue weighted by atomic mass is 10.1. The topological polar surface area (TPSA) is 41.1 Å². The number of hydrogen-bond donors (Lipinski definition) is 2. The van der Waals surface area contributed by atoms with Crippen LogP contribution < -0.4 is 10.6 Å². The monoisotopic (exact) mass is 296 g/mol. The molecule has 92 valence electrons. The predicted octanol–water partition coefficient (Wildman–Crippen LogP) is 2.38. The Labute approximate surface area is 110 Å². The van der Waals surface area contributed by atoms with E-state index in [0.29, 0.717) is 12.6 Å². The van der Waals surface area contributed by atoms with Gasteiger partial charge >= 0.3 is 0 Å². The molecule has 2 rings (SSSR count). The molecule has 1 fully saturated rings. The van der Waals surface area contributed by atoms with Crippen molar-refractivity contribution in [3.8, 4) is 0 Å². The molecule has 17 heavy (non-hydrogen) atoms. The Morgan fingerprint density at radius 2 is 2.06 bits per heavy atom. The third-order valence-corrected chi connectivity index (χ3v) is 3.41. The van der Waals surface area contributed by atoms with E-state index in [9.17, 15) is 4.79 Å². The Bertz CT molecular complexity index is 387. The summed E-state index contributed by atoms with van der Waals surface area (Å²) in [5.41, 5.74) is 1.19. The zero-order valence-corrected chi connectivity index (χ0v) is 11.5. The summed E-state index contributed by atoms with van der Waals surface area (Å²) in [5.74, 6) is 0.0939. The summed E-state index contributed by atoms with van der Waals surface area (Å²) in [6.45, 7) is 2.45. The van der Waals surface area contributed by atoms with Crippen molar-refractivity contribution in [2.45, 2.75) is 31.8 Å². The minimum atomic E-state index is 0.0939. The van der Waals surface area contributed by atoms with Crippen molar-refractivity contribution in [1.29, 1.82) is 0 Å². The van der Waals surface area contributed by atoms with Crippen molar-refractivity contribution in [3.05, 3.63) is 34.3 Å². The smallest absolute Gasteiger partial charge is 0.234 e. The van der Waals surface area contributed by atoms with Crippen molar-refractivity contribution in [3.63, 3.8) is 0 Å². The molecule has 0 unspecified atom stereocenters. The second-order valence-electron chi connectivity index (χ2n) is 4.50. The van der Waals surface area contributed by atoms with Gasteiger partial charge in [0.2, 0.25) is 5.91 Å². The fraction of sp³-hybridized carbons (Fsp3) is 0.462. The lowest BCUT2D eigenvalue weighted by Gasteiger charge is -2.14. The largest absolute Gasteiger partial charge is 0.352 e. The Hall–Kier alpha value is -0.870. The van der Waals surface area contributed by atoms with Crippen LogP contribution in [-0.4, -0.2) is 18.5 Å². The van der Waals surface area contributed by atoms with Crippen molar-refractivity contribution in [1.82, 2.24) is 10.6 Å². The van der Waals surface area contributed by atoms with Gasteiger partial charge in [0.1, 0.15) is 0 Å². The van der Waals surface area contributed by atoms with Gasteiger partial charge in [0.25, 0.3) is 0 Å². The molecule has 1 amide bonds. The van der Waals surface area contributed by atoms with E-state index >= 15 is 0 Å². The Morgan fingerprint density at radius 1 is 1.41 bits per heavy atom. The number of halogens is 1. The van der Waals surface area contributed by atoms with Gasteiger partial charge in [-0.05, 0) is 37.5 Å². The first-order valence-corrected chi connectivity index (χ1v) is 6.72. The SMILES string of the molecule is C[C@H](NCC(=O)NC1CC1)c1ccc(Br)cc1. The molecule has 1 aliphatic carbocycles. The van der Waals surface area contributed by atoms with Gasteiger partial charge in [0, 0.05) is 16.6 Å². The highest BCUT2D eigenvalue weighted by Crippen LogP contribution is 2.18. The van der Waals surface area contributed by atoms with E-state index in [0.717, 1.165) is 17.3 Å². The quantitative estimate of drug-likeness (QED) is 0.876. The molecule has 0 saturated heterocycles. The Balaban J connectivity index is 1.77. The third kappa shape index (κ3) is 4.13. The van der Waals surface area contributed by atoms with E-state index in [4.69, 9.17) is 0 Å². The molecule has 0 heterocycles. The molecule has 3 nitrogen and oxygen atoms in total. The molecule has 0 spiro atoms. The van der Waals surface area contributed by atoms with Gasteiger partial charge < -0.3 is 10.6 Å². The van der Waals surface area contributed by atoms with E-state index in [1.807, 2.05) is 12.1 Å². The summed E-state index contributed by atoms with van der Waals surface area (Å²) in [5, 5.41) is 6.18. The standard InChI is InChI=1S/C13H17BrN2O/c1-9(10-2-4-11(14)5-3-10)15-8-13(17)16-12-6-7-12/h2-5,9,12,15H,6-8H2,1H3,(H,16,17)/t9-/m0/s1. The number of hydrogen-bond acceptors (Lipinski definition) is 2. The van der Waals surface area contributed by atoms with Crippen LogP contribution in [0.3, 0.4) is 0 Å². The first-order valence-electron chi connectivity index (χ1n) is 5.93. The van der Waals surface area contributed by atoms with Gasteiger partial charge in [-0.25, -0.2) is 0 Å². The number of carbonyl (C=O) groups excluding carboxylic acids is 1. The van der Waals surface area contributed by atoms with Crippen LogP contribution >= 0.6 is 15.9 Å². The van der Waals surface area contributed by atoms with Gasteiger partial charge in [0.15, 0.2) is 0 Å². The van der Waals surface area contributed by atoms with E-state index in [2.05, 4.69) is 45.6 Å². The fourth-order valence-corrected chi connectivity index (χ4v) is 1.89. The molecule has 1 saturated carbocycles. The summed E-state index contributed by atoms with van der Waals surface area (Å²) in [6.07, 6.45) is 2.27. The molecule has 0 radical (unpaired) electrons. The normalized spacial score (nSPS) is 16.6. The maximum atomic E-state index is 11.5. The van der Waals surface area contributed by atoms with E-state index in [1.165, 1.54) is 5.56 Å². The van der Waals surface area contributed by atoms with Gasteiger partial charge in [-0.3, -0.25) is 4.79 Å². The molecular weight excluding hydrogens is 280 g/mol. The van der Waals surface area contributed by atoms with E-state index in [-0.39, 0.29) is 11.9 Å². The first kappa shape index (κ1) is 12.6. The van der Waals surface area contributed by atoms with Crippen LogP contribution in [0.15, 0.2) is 28.7 Å². The molecule has 4 heteroatoms. The van der Waals surface area contributed by atoms with Crippen LogP contribution in [-0.2, 0) is 4.79 Å². The van der Waals surface area contributed by atoms with Gasteiger partial charge in [-0.15, -0.1) is 0 Å². The van der Waals surface area contributed by atoms with E-state index in [1.54, 1.807) is 0 Å². The van der Waals surface area contributed by atoms with E-state index < -0.39 is 0 Å². The number of carbonyl (C=O) groups is 1. The molecule has 0 aliphatic heterocycles. The van der Waals surface area contributed by atoms with Crippen LogP contribution in [0.1, 0.15) is 31.4 Å². The van der Waals surface area contributed by atoms with Crippen molar-refractivity contribution >= 4 is 21.8 Å². The minimum Gasteiger partial charge on any atom is -0.352 e. The zero-order valence-electron chi connectivity index (χ0n) is 9.87. The first-order chi connectivity index (χ1) is 8.15. The number of nitrogens with one attached hydrogen (secondary N) is 2. The molecule has 0 aromatic heterocycles. The molecule has 1 aromatic rings. The number of benzene rings is 1. The average molecular weight is 297 g/mol. The van der Waals surface area contributed by atoms with Crippen molar-refractivity contribution in [2.75, 3.05) is 6.54 Å². The highest BCUT2D eigenvalue weighted by Gasteiger charge is 2.23. The predicted molar refractivity (Wildman–Crippen MR) is 71.7 cm³/mol. The molecule has 1 atom stereocenters. The van der Waals surface area contributed by atoms with Crippen molar-refractivity contribution in [2.24, 2.45) is 0 Å². The Kier molecular flexibility index (Phi) is 4.18. The second kappa shape index (κ2) is 5.65. The molecule has 2 N–H and O–H groups in total. The summed E-state index contributed by atoms with van der Waals surface area (Å²) >= 11 is 3.41. The highest BCUT2D eigenvalue weighted by atomic mass is 79.9. The molecule has 0 bridgehead atoms. The highest BCUT2D eigenvalue weighted by molar-refractivity contribution is 9.10. The maximum absolute atomic E-state index is 11.5. The Morgan fingerprint density at radius 3 is 2.65 bits per heavy atom. The van der Waals surface area contributed by atoms with Crippen LogP contribution in [0.25, 0.3) is 0 Å². The summed E-state index contributed by atoms with van der Waals surface area (Å²) in [6, 6.07) is 8.76. The molecule has 1 aromatic carbocycles. The maximum Gasteiger partial charge on any atom is 0.234 e. The zero-order chi connectivity index (χ0) is 12.3. The fourth-order valence-electron chi connectivity index (χ4n) is 1.62. The van der Waals surface area contributed by atoms with Crippen LogP contribution in [0.5, 0.6) is 0 Å². The number of amides is 1. The average Bonchev–Trinajstić information content (AvgIpc) is 3.11. The summed E-state index contributed by atoms with van der Waals surface area (Å²) in [4.78, 5) is 11.5. The summed E-state index contributed by atoms with van der Waals surface area (Å²) < 4.78 is 1.07.